The number of carbonyl (C=O) groups is 1. The molecule has 0 amide bonds. The van der Waals surface area contributed by atoms with Gasteiger partial charge in [0.05, 0.1) is 20.1 Å². The Balaban J connectivity index is 2.33. The molecule has 2 aromatic rings. The van der Waals surface area contributed by atoms with Crippen LogP contribution in [0.1, 0.15) is 10.4 Å². The molecule has 1 aromatic carbocycles. The Morgan fingerprint density at radius 2 is 2.05 bits per heavy atom. The second-order valence-corrected chi connectivity index (χ2v) is 6.25. The number of carboxylic acid groups (broad SMARTS) is 1. The van der Waals surface area contributed by atoms with E-state index in [1.165, 1.54) is 24.0 Å². The number of nitrogens with zero attached hydrogens (tertiary/aromatic N) is 1. The van der Waals surface area contributed by atoms with Gasteiger partial charge in [-0.2, -0.15) is 0 Å². The summed E-state index contributed by atoms with van der Waals surface area (Å²) in [6.45, 7) is 0. The minimum Gasteiger partial charge on any atom is -0.478 e. The summed E-state index contributed by atoms with van der Waals surface area (Å²) in [7, 11) is 0. The van der Waals surface area contributed by atoms with Gasteiger partial charge in [0.2, 0.25) is 0 Å². The number of halogens is 3. The summed E-state index contributed by atoms with van der Waals surface area (Å²) in [6, 6.07) is 6.53. The first-order chi connectivity index (χ1) is 8.97. The molecule has 0 unspecified atom stereocenters. The van der Waals surface area contributed by atoms with E-state index in [1.54, 1.807) is 18.2 Å². The highest BCUT2D eigenvalue weighted by molar-refractivity contribution is 9.10. The molecule has 0 spiro atoms. The number of hydrogen-bond donors (Lipinski definition) is 1. The summed E-state index contributed by atoms with van der Waals surface area (Å²) in [5, 5.41) is 10.4. The number of benzene rings is 1. The van der Waals surface area contributed by atoms with Crippen LogP contribution in [0, 0.1) is 0 Å². The van der Waals surface area contributed by atoms with E-state index in [4.69, 9.17) is 28.3 Å². The molecule has 0 aliphatic heterocycles. The summed E-state index contributed by atoms with van der Waals surface area (Å²) in [6.07, 6.45) is 1.53. The predicted octanol–water partition coefficient (Wildman–Crippen LogP) is 5.00. The van der Waals surface area contributed by atoms with Crippen molar-refractivity contribution < 1.29 is 9.90 Å². The van der Waals surface area contributed by atoms with Crippen molar-refractivity contribution in [3.63, 3.8) is 0 Å². The fourth-order valence-electron chi connectivity index (χ4n) is 1.32. The summed E-state index contributed by atoms with van der Waals surface area (Å²) in [4.78, 5) is 15.9. The van der Waals surface area contributed by atoms with E-state index in [2.05, 4.69) is 20.9 Å². The smallest absolute Gasteiger partial charge is 0.337 e. The predicted molar refractivity (Wildman–Crippen MR) is 79.5 cm³/mol. The average molecular weight is 379 g/mol. The molecule has 0 aliphatic carbocycles. The van der Waals surface area contributed by atoms with Crippen LogP contribution in [0.3, 0.4) is 0 Å². The zero-order valence-electron chi connectivity index (χ0n) is 9.23. The molecule has 0 saturated carbocycles. The zero-order chi connectivity index (χ0) is 14.0. The molecule has 0 atom stereocenters. The average Bonchev–Trinajstić information content (AvgIpc) is 2.34. The molecule has 19 heavy (non-hydrogen) atoms. The van der Waals surface area contributed by atoms with Gasteiger partial charge in [-0.15, -0.1) is 0 Å². The van der Waals surface area contributed by atoms with Gasteiger partial charge in [0.15, 0.2) is 0 Å². The van der Waals surface area contributed by atoms with Crippen molar-refractivity contribution in [2.24, 2.45) is 0 Å². The van der Waals surface area contributed by atoms with Crippen molar-refractivity contribution in [2.75, 3.05) is 0 Å². The van der Waals surface area contributed by atoms with Gasteiger partial charge in [-0.05, 0) is 40.2 Å². The molecule has 0 radical (unpaired) electrons. The molecule has 1 N–H and O–H groups in total. The van der Waals surface area contributed by atoms with Crippen molar-refractivity contribution in [3.05, 3.63) is 50.5 Å². The van der Waals surface area contributed by atoms with Crippen molar-refractivity contribution in [1.29, 1.82) is 0 Å². The van der Waals surface area contributed by atoms with Crippen molar-refractivity contribution in [3.8, 4) is 0 Å². The van der Waals surface area contributed by atoms with Crippen LogP contribution in [0.5, 0.6) is 0 Å². The number of aromatic carboxylic acids is 1. The lowest BCUT2D eigenvalue weighted by Crippen LogP contribution is -1.97. The van der Waals surface area contributed by atoms with Gasteiger partial charge in [-0.1, -0.05) is 35.0 Å². The molecule has 98 valence electrons. The maximum Gasteiger partial charge on any atom is 0.337 e. The molecular formula is C12H6BrCl2NO2S. The number of aromatic nitrogens is 1. The molecule has 2 rings (SSSR count). The van der Waals surface area contributed by atoms with Gasteiger partial charge in [0.1, 0.15) is 5.03 Å². The molecule has 3 nitrogen and oxygen atoms in total. The van der Waals surface area contributed by atoms with E-state index in [9.17, 15) is 4.79 Å². The summed E-state index contributed by atoms with van der Waals surface area (Å²) in [5.74, 6) is -1.06. The molecule has 1 heterocycles. The Morgan fingerprint density at radius 3 is 2.68 bits per heavy atom. The third-order valence-electron chi connectivity index (χ3n) is 2.16. The van der Waals surface area contributed by atoms with Gasteiger partial charge in [0, 0.05) is 11.1 Å². The van der Waals surface area contributed by atoms with E-state index in [-0.39, 0.29) is 10.6 Å². The van der Waals surface area contributed by atoms with Crippen LogP contribution < -0.4 is 0 Å². The van der Waals surface area contributed by atoms with Crippen LogP contribution in [0.2, 0.25) is 10.0 Å². The summed E-state index contributed by atoms with van der Waals surface area (Å²) in [5.41, 5.74) is 0.0664. The number of pyridine rings is 1. The van der Waals surface area contributed by atoms with Crippen molar-refractivity contribution in [2.45, 2.75) is 9.92 Å². The highest BCUT2D eigenvalue weighted by Crippen LogP contribution is 2.34. The van der Waals surface area contributed by atoms with E-state index in [1.807, 2.05) is 0 Å². The molecular weight excluding hydrogens is 373 g/mol. The maximum atomic E-state index is 11.0. The molecule has 1 aromatic heterocycles. The lowest BCUT2D eigenvalue weighted by Gasteiger charge is -2.05. The van der Waals surface area contributed by atoms with Gasteiger partial charge in [-0.25, -0.2) is 9.78 Å². The van der Waals surface area contributed by atoms with Crippen molar-refractivity contribution in [1.82, 2.24) is 4.98 Å². The fourth-order valence-corrected chi connectivity index (χ4v) is 3.20. The Labute approximate surface area is 132 Å². The lowest BCUT2D eigenvalue weighted by molar-refractivity contribution is 0.0697. The minimum atomic E-state index is -1.06. The zero-order valence-corrected chi connectivity index (χ0v) is 13.1. The van der Waals surface area contributed by atoms with Crippen LogP contribution in [-0.4, -0.2) is 16.1 Å². The molecule has 0 bridgehead atoms. The first-order valence-electron chi connectivity index (χ1n) is 4.99. The Morgan fingerprint density at radius 1 is 1.32 bits per heavy atom. The van der Waals surface area contributed by atoms with Gasteiger partial charge in [-0.3, -0.25) is 0 Å². The second kappa shape index (κ2) is 6.13. The van der Waals surface area contributed by atoms with Gasteiger partial charge >= 0.3 is 5.97 Å². The van der Waals surface area contributed by atoms with Crippen LogP contribution >= 0.6 is 50.9 Å². The first kappa shape index (κ1) is 14.7. The second-order valence-electron chi connectivity index (χ2n) is 3.49. The van der Waals surface area contributed by atoms with Gasteiger partial charge < -0.3 is 5.11 Å². The third-order valence-corrected chi connectivity index (χ3v) is 4.57. The largest absolute Gasteiger partial charge is 0.478 e. The Kier molecular flexibility index (Phi) is 4.73. The highest BCUT2D eigenvalue weighted by Gasteiger charge is 2.11. The van der Waals surface area contributed by atoms with E-state index >= 15 is 0 Å². The highest BCUT2D eigenvalue weighted by atomic mass is 79.9. The summed E-state index contributed by atoms with van der Waals surface area (Å²) < 4.78 is 0.747. The van der Waals surface area contributed by atoms with Gasteiger partial charge in [0.25, 0.3) is 0 Å². The van der Waals surface area contributed by atoms with Crippen LogP contribution in [-0.2, 0) is 0 Å². The topological polar surface area (TPSA) is 50.2 Å². The number of rotatable bonds is 3. The quantitative estimate of drug-likeness (QED) is 0.816. The SMILES string of the molecule is O=C(O)c1cc(Sc2ncc(Cl)cc2Br)ccc1Cl. The third kappa shape index (κ3) is 3.63. The Bertz CT molecular complexity index is 652. The molecule has 7 heteroatoms. The Hall–Kier alpha value is -0.750. The monoisotopic (exact) mass is 377 g/mol. The summed E-state index contributed by atoms with van der Waals surface area (Å²) >= 11 is 16.3. The maximum absolute atomic E-state index is 11.0. The minimum absolute atomic E-state index is 0.0664. The van der Waals surface area contributed by atoms with E-state index < -0.39 is 5.97 Å². The molecule has 0 saturated heterocycles. The van der Waals surface area contributed by atoms with Crippen molar-refractivity contribution >= 4 is 56.9 Å². The molecule has 0 aliphatic rings. The number of carboxylic acids is 1. The van der Waals surface area contributed by atoms with E-state index in [0.29, 0.717) is 10.0 Å². The number of hydrogen-bond acceptors (Lipinski definition) is 3. The lowest BCUT2D eigenvalue weighted by atomic mass is 10.2. The molecule has 0 fully saturated rings. The fraction of sp³-hybridized carbons (Fsp3) is 0. The van der Waals surface area contributed by atoms with Crippen LogP contribution in [0.25, 0.3) is 0 Å². The van der Waals surface area contributed by atoms with Crippen LogP contribution in [0.4, 0.5) is 0 Å². The standard InChI is InChI=1S/C12H6BrCl2NO2S/c13-9-3-6(14)5-16-11(9)19-7-1-2-10(15)8(4-7)12(17)18/h1-5H,(H,17,18). The van der Waals surface area contributed by atoms with E-state index in [0.717, 1.165) is 9.37 Å². The first-order valence-corrected chi connectivity index (χ1v) is 7.35. The normalized spacial score (nSPS) is 10.5. The van der Waals surface area contributed by atoms with Crippen LogP contribution in [0.15, 0.2) is 44.9 Å².